The number of imidazole rings is 1. The van der Waals surface area contributed by atoms with Crippen molar-refractivity contribution in [3.05, 3.63) is 12.4 Å². The van der Waals surface area contributed by atoms with Crippen LogP contribution in [0.25, 0.3) is 0 Å². The topological polar surface area (TPSA) is 72.3 Å². The summed E-state index contributed by atoms with van der Waals surface area (Å²) < 4.78 is 24.7. The maximum atomic E-state index is 12.6. The molecular weight excluding hydrogens is 290 g/mol. The van der Waals surface area contributed by atoms with E-state index < -0.39 is 9.84 Å². The lowest BCUT2D eigenvalue weighted by molar-refractivity contribution is -0.135. The summed E-state index contributed by atoms with van der Waals surface area (Å²) in [7, 11) is -3.41. The highest BCUT2D eigenvalue weighted by Crippen LogP contribution is 2.39. The highest BCUT2D eigenvalue weighted by Gasteiger charge is 2.41. The Kier molecular flexibility index (Phi) is 3.55. The number of hydrogen-bond donors (Lipinski definition) is 0. The average Bonchev–Trinajstić information content (AvgIpc) is 3.27. The summed E-state index contributed by atoms with van der Waals surface area (Å²) >= 11 is 0. The molecule has 2 fully saturated rings. The van der Waals surface area contributed by atoms with Crippen LogP contribution in [0.5, 0.6) is 0 Å². The third-order valence-corrected chi connectivity index (χ3v) is 5.29. The van der Waals surface area contributed by atoms with Gasteiger partial charge in [0.2, 0.25) is 20.9 Å². The van der Waals surface area contributed by atoms with Crippen LogP contribution in [0, 0.1) is 5.92 Å². The Morgan fingerprint density at radius 1 is 1.43 bits per heavy atom. The molecule has 2 saturated carbocycles. The molecule has 0 aliphatic heterocycles. The number of rotatable bonds is 6. The number of carbonyl (C=O) groups excluding carboxylic acids is 1. The Balaban J connectivity index is 1.77. The Hall–Kier alpha value is -1.37. The zero-order valence-electron chi connectivity index (χ0n) is 12.4. The van der Waals surface area contributed by atoms with Crippen LogP contribution in [-0.4, -0.2) is 47.1 Å². The molecule has 0 aromatic carbocycles. The first kappa shape index (κ1) is 14.6. The molecule has 0 N–H and O–H groups in total. The maximum absolute atomic E-state index is 12.6. The maximum Gasteiger partial charge on any atom is 0.243 e. The summed E-state index contributed by atoms with van der Waals surface area (Å²) in [4.78, 5) is 18.5. The normalized spacial score (nSPS) is 20.3. The molecule has 0 spiro atoms. The van der Waals surface area contributed by atoms with Crippen molar-refractivity contribution in [2.45, 2.75) is 56.4 Å². The van der Waals surface area contributed by atoms with Gasteiger partial charge in [0, 0.05) is 30.7 Å². The molecule has 0 unspecified atom stereocenters. The number of hydrogen-bond acceptors (Lipinski definition) is 4. The SMILES string of the molecule is C[C@@H](C1CC1)N(C(=O)Cn1ccnc1S(C)(=O)=O)C1CC1. The van der Waals surface area contributed by atoms with Crippen LogP contribution in [-0.2, 0) is 21.2 Å². The monoisotopic (exact) mass is 311 g/mol. The lowest BCUT2D eigenvalue weighted by atomic mass is 10.1. The fraction of sp³-hybridized carbons (Fsp3) is 0.714. The lowest BCUT2D eigenvalue weighted by Crippen LogP contribution is -2.43. The number of amides is 1. The average molecular weight is 311 g/mol. The van der Waals surface area contributed by atoms with Crippen molar-refractivity contribution >= 4 is 15.7 Å². The quantitative estimate of drug-likeness (QED) is 0.788. The molecule has 21 heavy (non-hydrogen) atoms. The van der Waals surface area contributed by atoms with Gasteiger partial charge in [-0.05, 0) is 38.5 Å². The Bertz CT molecular complexity index is 644. The number of carbonyl (C=O) groups is 1. The summed E-state index contributed by atoms with van der Waals surface area (Å²) in [6, 6.07) is 0.605. The molecule has 0 bridgehead atoms. The van der Waals surface area contributed by atoms with E-state index in [4.69, 9.17) is 0 Å². The Morgan fingerprint density at radius 3 is 2.62 bits per heavy atom. The predicted octanol–water partition coefficient (Wildman–Crippen LogP) is 1.08. The van der Waals surface area contributed by atoms with Crippen molar-refractivity contribution in [1.82, 2.24) is 14.5 Å². The number of nitrogens with zero attached hydrogens (tertiary/aromatic N) is 3. The highest BCUT2D eigenvalue weighted by atomic mass is 32.2. The standard InChI is InChI=1S/C14H21N3O3S/c1-10(11-3-4-11)17(12-5-6-12)13(18)9-16-8-7-15-14(16)21(2,19)20/h7-8,10-12H,3-6,9H2,1-2H3/t10-/m0/s1. The molecular formula is C14H21N3O3S. The van der Waals surface area contributed by atoms with E-state index in [2.05, 4.69) is 11.9 Å². The van der Waals surface area contributed by atoms with Crippen LogP contribution in [0.1, 0.15) is 32.6 Å². The van der Waals surface area contributed by atoms with Gasteiger partial charge in [0.15, 0.2) is 0 Å². The fourth-order valence-electron chi connectivity index (χ4n) is 2.89. The van der Waals surface area contributed by atoms with E-state index in [-0.39, 0.29) is 23.7 Å². The van der Waals surface area contributed by atoms with Gasteiger partial charge >= 0.3 is 0 Å². The molecule has 2 aliphatic rings. The molecule has 116 valence electrons. The minimum Gasteiger partial charge on any atom is -0.335 e. The first-order chi connectivity index (χ1) is 9.88. The summed E-state index contributed by atoms with van der Waals surface area (Å²) in [6.45, 7) is 2.16. The van der Waals surface area contributed by atoms with Crippen molar-refractivity contribution in [2.24, 2.45) is 5.92 Å². The van der Waals surface area contributed by atoms with Crippen LogP contribution in [0.15, 0.2) is 17.6 Å². The molecule has 1 heterocycles. The van der Waals surface area contributed by atoms with E-state index in [1.54, 1.807) is 6.20 Å². The first-order valence-corrected chi connectivity index (χ1v) is 9.29. The molecule has 1 atom stereocenters. The zero-order valence-corrected chi connectivity index (χ0v) is 13.2. The van der Waals surface area contributed by atoms with Crippen LogP contribution in [0.3, 0.4) is 0 Å². The van der Waals surface area contributed by atoms with Gasteiger partial charge < -0.3 is 9.47 Å². The lowest BCUT2D eigenvalue weighted by Gasteiger charge is -2.30. The van der Waals surface area contributed by atoms with E-state index in [0.29, 0.717) is 12.0 Å². The largest absolute Gasteiger partial charge is 0.335 e. The van der Waals surface area contributed by atoms with Crippen molar-refractivity contribution in [3.63, 3.8) is 0 Å². The molecule has 6 nitrogen and oxygen atoms in total. The van der Waals surface area contributed by atoms with E-state index in [0.717, 1.165) is 19.1 Å². The van der Waals surface area contributed by atoms with E-state index >= 15 is 0 Å². The molecule has 0 saturated heterocycles. The summed E-state index contributed by atoms with van der Waals surface area (Å²) in [5, 5.41) is -0.0364. The van der Waals surface area contributed by atoms with Gasteiger partial charge in [-0.25, -0.2) is 13.4 Å². The molecule has 7 heteroatoms. The summed E-state index contributed by atoms with van der Waals surface area (Å²) in [5.41, 5.74) is 0. The van der Waals surface area contributed by atoms with Crippen LogP contribution in [0.4, 0.5) is 0 Å². The second-order valence-corrected chi connectivity index (χ2v) is 8.13. The van der Waals surface area contributed by atoms with Gasteiger partial charge in [-0.2, -0.15) is 0 Å². The Morgan fingerprint density at radius 2 is 2.10 bits per heavy atom. The predicted molar refractivity (Wildman–Crippen MR) is 77.4 cm³/mol. The first-order valence-electron chi connectivity index (χ1n) is 7.40. The third-order valence-electron chi connectivity index (χ3n) is 4.29. The number of sulfone groups is 1. The highest BCUT2D eigenvalue weighted by molar-refractivity contribution is 7.90. The molecule has 1 aromatic heterocycles. The van der Waals surface area contributed by atoms with Gasteiger partial charge in [-0.3, -0.25) is 4.79 Å². The zero-order chi connectivity index (χ0) is 15.2. The molecule has 3 rings (SSSR count). The van der Waals surface area contributed by atoms with Gasteiger partial charge in [0.05, 0.1) is 0 Å². The molecule has 1 amide bonds. The van der Waals surface area contributed by atoms with E-state index in [1.807, 2.05) is 4.90 Å². The second-order valence-electron chi connectivity index (χ2n) is 6.22. The van der Waals surface area contributed by atoms with Gasteiger partial charge in [0.1, 0.15) is 6.54 Å². The second kappa shape index (κ2) is 5.12. The van der Waals surface area contributed by atoms with E-state index in [1.165, 1.54) is 23.6 Å². The van der Waals surface area contributed by atoms with Crippen LogP contribution < -0.4 is 0 Å². The minimum atomic E-state index is -3.41. The van der Waals surface area contributed by atoms with Crippen molar-refractivity contribution in [3.8, 4) is 0 Å². The van der Waals surface area contributed by atoms with Crippen molar-refractivity contribution in [1.29, 1.82) is 0 Å². The summed E-state index contributed by atoms with van der Waals surface area (Å²) in [6.07, 6.45) is 8.60. The molecule has 2 aliphatic carbocycles. The van der Waals surface area contributed by atoms with Gasteiger partial charge in [-0.1, -0.05) is 0 Å². The van der Waals surface area contributed by atoms with Crippen molar-refractivity contribution < 1.29 is 13.2 Å². The Labute approximate surface area is 125 Å². The van der Waals surface area contributed by atoms with Crippen LogP contribution in [0.2, 0.25) is 0 Å². The van der Waals surface area contributed by atoms with Crippen LogP contribution >= 0.6 is 0 Å². The number of aromatic nitrogens is 2. The van der Waals surface area contributed by atoms with Gasteiger partial charge in [-0.15, -0.1) is 0 Å². The third kappa shape index (κ3) is 3.12. The smallest absolute Gasteiger partial charge is 0.243 e. The molecule has 1 aromatic rings. The van der Waals surface area contributed by atoms with E-state index in [9.17, 15) is 13.2 Å². The van der Waals surface area contributed by atoms with Crippen molar-refractivity contribution in [2.75, 3.05) is 6.26 Å². The van der Waals surface area contributed by atoms with Gasteiger partial charge in [0.25, 0.3) is 0 Å². The molecule has 0 radical (unpaired) electrons. The fourth-order valence-corrected chi connectivity index (χ4v) is 3.70. The minimum absolute atomic E-state index is 0.000185. The summed E-state index contributed by atoms with van der Waals surface area (Å²) in [5.74, 6) is 0.617.